The van der Waals surface area contributed by atoms with Gasteiger partial charge in [-0.25, -0.2) is 4.79 Å². The van der Waals surface area contributed by atoms with Gasteiger partial charge in [0.2, 0.25) is 5.91 Å². The van der Waals surface area contributed by atoms with Crippen LogP contribution < -0.4 is 10.1 Å². The summed E-state index contributed by atoms with van der Waals surface area (Å²) in [4.78, 5) is 24.7. The number of aromatic carboxylic acids is 1. The van der Waals surface area contributed by atoms with Gasteiger partial charge in [0.15, 0.2) is 0 Å². The molecule has 0 aliphatic heterocycles. The largest absolute Gasteiger partial charge is 0.496 e. The minimum Gasteiger partial charge on any atom is -0.496 e. The van der Waals surface area contributed by atoms with Crippen LogP contribution in [0.15, 0.2) is 76.5 Å². The normalized spacial score (nSPS) is 10.8. The fraction of sp³-hybridized carbons (Fsp3) is 0.0833. The van der Waals surface area contributed by atoms with Crippen molar-refractivity contribution in [2.24, 2.45) is 0 Å². The molecule has 3 aromatic carbocycles. The first-order valence-corrected chi connectivity index (χ1v) is 11.0. The molecule has 0 radical (unpaired) electrons. The smallest absolute Gasteiger partial charge is 0.335 e. The second kappa shape index (κ2) is 11.1. The molecule has 164 valence electrons. The molecule has 0 saturated heterocycles. The van der Waals surface area contributed by atoms with Gasteiger partial charge in [0.1, 0.15) is 5.75 Å². The van der Waals surface area contributed by atoms with Crippen LogP contribution in [-0.2, 0) is 11.3 Å². The van der Waals surface area contributed by atoms with Crippen LogP contribution in [0.2, 0.25) is 10.0 Å². The summed E-state index contributed by atoms with van der Waals surface area (Å²) < 4.78 is 5.37. The highest BCUT2D eigenvalue weighted by Gasteiger charge is 2.12. The predicted octanol–water partition coefficient (Wildman–Crippen LogP) is 6.18. The maximum atomic E-state index is 12.2. The van der Waals surface area contributed by atoms with Crippen LogP contribution in [0.25, 0.3) is 6.08 Å². The number of benzene rings is 3. The van der Waals surface area contributed by atoms with Gasteiger partial charge >= 0.3 is 5.97 Å². The van der Waals surface area contributed by atoms with E-state index >= 15 is 0 Å². The maximum Gasteiger partial charge on any atom is 0.335 e. The van der Waals surface area contributed by atoms with Gasteiger partial charge in [0, 0.05) is 17.5 Å². The molecule has 0 atom stereocenters. The minimum absolute atomic E-state index is 0.193. The van der Waals surface area contributed by atoms with Gasteiger partial charge in [-0.1, -0.05) is 65.3 Å². The van der Waals surface area contributed by atoms with Crippen LogP contribution in [0.3, 0.4) is 0 Å². The van der Waals surface area contributed by atoms with Crippen molar-refractivity contribution in [3.8, 4) is 5.75 Å². The van der Waals surface area contributed by atoms with E-state index in [1.807, 2.05) is 30.3 Å². The number of carboxylic acid groups (broad SMARTS) is 1. The Morgan fingerprint density at radius 2 is 1.72 bits per heavy atom. The summed E-state index contributed by atoms with van der Waals surface area (Å²) >= 11 is 14.3. The molecule has 0 aromatic heterocycles. The van der Waals surface area contributed by atoms with Crippen molar-refractivity contribution in [2.75, 3.05) is 7.11 Å². The average molecular weight is 488 g/mol. The predicted molar refractivity (Wildman–Crippen MR) is 128 cm³/mol. The van der Waals surface area contributed by atoms with Gasteiger partial charge in [-0.05, 0) is 47.5 Å². The number of hydrogen-bond acceptors (Lipinski definition) is 4. The van der Waals surface area contributed by atoms with Crippen molar-refractivity contribution >= 4 is 52.9 Å². The van der Waals surface area contributed by atoms with Crippen molar-refractivity contribution < 1.29 is 19.4 Å². The van der Waals surface area contributed by atoms with Crippen molar-refractivity contribution in [1.82, 2.24) is 5.32 Å². The molecule has 3 rings (SSSR count). The van der Waals surface area contributed by atoms with E-state index < -0.39 is 5.97 Å². The molecule has 32 heavy (non-hydrogen) atoms. The number of nitrogens with one attached hydrogen (secondary N) is 1. The molecule has 0 saturated carbocycles. The second-order valence-corrected chi connectivity index (χ2v) is 8.43. The third kappa shape index (κ3) is 6.07. The molecule has 0 heterocycles. The third-order valence-corrected chi connectivity index (χ3v) is 6.57. The molecule has 0 aliphatic rings. The summed E-state index contributed by atoms with van der Waals surface area (Å²) in [6, 6.07) is 17.5. The summed E-state index contributed by atoms with van der Waals surface area (Å²) in [5.74, 6) is -0.568. The van der Waals surface area contributed by atoms with Crippen LogP contribution in [0.1, 0.15) is 21.5 Å². The van der Waals surface area contributed by atoms with E-state index in [2.05, 4.69) is 5.32 Å². The van der Waals surface area contributed by atoms with E-state index in [-0.39, 0.29) is 18.0 Å². The molecular formula is C24H19Cl2NO4S. The molecule has 3 aromatic rings. The van der Waals surface area contributed by atoms with Crippen LogP contribution in [0.4, 0.5) is 0 Å². The highest BCUT2D eigenvalue weighted by molar-refractivity contribution is 7.99. The van der Waals surface area contributed by atoms with E-state index in [4.69, 9.17) is 33.0 Å². The summed E-state index contributed by atoms with van der Waals surface area (Å²) in [5.41, 5.74) is 1.59. The monoisotopic (exact) mass is 487 g/mol. The zero-order valence-electron chi connectivity index (χ0n) is 17.0. The van der Waals surface area contributed by atoms with Crippen LogP contribution >= 0.6 is 35.0 Å². The van der Waals surface area contributed by atoms with Crippen molar-refractivity contribution in [3.63, 3.8) is 0 Å². The maximum absolute atomic E-state index is 12.2. The SMILES string of the molecule is COc1ccccc1Sc1ccc(C=CC(=O)NCc2ccc(C(=O)O)cc2)c(Cl)c1Cl. The molecule has 0 bridgehead atoms. The highest BCUT2D eigenvalue weighted by Crippen LogP contribution is 2.41. The van der Waals surface area contributed by atoms with Crippen molar-refractivity contribution in [3.05, 3.63) is 93.5 Å². The van der Waals surface area contributed by atoms with Crippen molar-refractivity contribution in [1.29, 1.82) is 0 Å². The lowest BCUT2D eigenvalue weighted by atomic mass is 10.1. The summed E-state index contributed by atoms with van der Waals surface area (Å²) in [7, 11) is 1.61. The van der Waals surface area contributed by atoms with Gasteiger partial charge in [0.05, 0.1) is 27.6 Å². The number of halogens is 2. The van der Waals surface area contributed by atoms with Crippen LogP contribution in [0.5, 0.6) is 5.75 Å². The fourth-order valence-electron chi connectivity index (χ4n) is 2.75. The lowest BCUT2D eigenvalue weighted by Crippen LogP contribution is -2.20. The number of carbonyl (C=O) groups excluding carboxylic acids is 1. The van der Waals surface area contributed by atoms with Gasteiger partial charge < -0.3 is 15.2 Å². The Kier molecular flexibility index (Phi) is 8.22. The topological polar surface area (TPSA) is 75.6 Å². The minimum atomic E-state index is -0.994. The van der Waals surface area contributed by atoms with Crippen LogP contribution in [0, 0.1) is 0 Å². The molecule has 2 N–H and O–H groups in total. The number of carbonyl (C=O) groups is 2. The van der Waals surface area contributed by atoms with E-state index in [0.717, 1.165) is 21.1 Å². The lowest BCUT2D eigenvalue weighted by Gasteiger charge is -2.11. The van der Waals surface area contributed by atoms with E-state index in [1.165, 1.54) is 30.0 Å². The highest BCUT2D eigenvalue weighted by atomic mass is 35.5. The Hall–Kier alpha value is -2.93. The quantitative estimate of drug-likeness (QED) is 0.371. The third-order valence-electron chi connectivity index (χ3n) is 4.45. The molecule has 5 nitrogen and oxygen atoms in total. The lowest BCUT2D eigenvalue weighted by molar-refractivity contribution is -0.116. The molecule has 0 spiro atoms. The van der Waals surface area contributed by atoms with E-state index in [0.29, 0.717) is 15.6 Å². The second-order valence-electron chi connectivity index (χ2n) is 6.59. The molecule has 8 heteroatoms. The van der Waals surface area contributed by atoms with E-state index in [1.54, 1.807) is 31.4 Å². The Balaban J connectivity index is 1.64. The van der Waals surface area contributed by atoms with Gasteiger partial charge in [0.25, 0.3) is 0 Å². The summed E-state index contributed by atoms with van der Waals surface area (Å²) in [6.07, 6.45) is 2.96. The summed E-state index contributed by atoms with van der Waals surface area (Å²) in [5, 5.41) is 12.4. The zero-order valence-corrected chi connectivity index (χ0v) is 19.3. The molecule has 0 aliphatic carbocycles. The van der Waals surface area contributed by atoms with Gasteiger partial charge in [-0.15, -0.1) is 0 Å². The Morgan fingerprint density at radius 3 is 2.41 bits per heavy atom. The Bertz CT molecular complexity index is 1160. The number of carboxylic acids is 1. The standard InChI is InChI=1S/C24H19Cl2NO4S/c1-31-18-4-2-3-5-19(18)32-20-12-10-16(22(25)23(20)26)11-13-21(28)27-14-15-6-8-17(9-7-15)24(29)30/h2-13H,14H2,1H3,(H,27,28)(H,29,30). The van der Waals surface area contributed by atoms with E-state index in [9.17, 15) is 9.59 Å². The number of amides is 1. The zero-order chi connectivity index (χ0) is 23.1. The molecular weight excluding hydrogens is 469 g/mol. The number of ether oxygens (including phenoxy) is 1. The average Bonchev–Trinajstić information content (AvgIpc) is 2.80. The first-order valence-electron chi connectivity index (χ1n) is 9.46. The number of methoxy groups -OCH3 is 1. The van der Waals surface area contributed by atoms with Crippen molar-refractivity contribution in [2.45, 2.75) is 16.3 Å². The fourth-order valence-corrected chi connectivity index (χ4v) is 4.29. The van der Waals surface area contributed by atoms with Gasteiger partial charge in [-0.3, -0.25) is 4.79 Å². The summed E-state index contributed by atoms with van der Waals surface area (Å²) in [6.45, 7) is 0.270. The number of para-hydroxylation sites is 1. The number of hydrogen-bond donors (Lipinski definition) is 2. The Labute approximate surface area is 200 Å². The molecule has 0 unspecified atom stereocenters. The first kappa shape index (κ1) is 23.7. The molecule has 0 fully saturated rings. The van der Waals surface area contributed by atoms with Gasteiger partial charge in [-0.2, -0.15) is 0 Å². The number of rotatable bonds is 8. The Morgan fingerprint density at radius 1 is 1.00 bits per heavy atom. The molecule has 1 amide bonds. The van der Waals surface area contributed by atoms with Crippen LogP contribution in [-0.4, -0.2) is 24.1 Å². The first-order chi connectivity index (χ1) is 15.4.